The van der Waals surface area contributed by atoms with Gasteiger partial charge in [0.25, 0.3) is 0 Å². The van der Waals surface area contributed by atoms with Crippen LogP contribution in [0.15, 0.2) is 28.7 Å². The van der Waals surface area contributed by atoms with Gasteiger partial charge in [-0.2, -0.15) is 0 Å². The molecule has 1 aromatic rings. The molecular formula is C8H8BrN. The second-order valence-electron chi connectivity index (χ2n) is 2.04. The molecule has 1 aromatic carbocycles. The van der Waals surface area contributed by atoms with E-state index >= 15 is 0 Å². The van der Waals surface area contributed by atoms with Crippen LogP contribution in [0.25, 0.3) is 0 Å². The molecule has 0 radical (unpaired) electrons. The van der Waals surface area contributed by atoms with E-state index in [0.717, 1.165) is 10.9 Å². The molecule has 0 aliphatic carbocycles. The Morgan fingerprint density at radius 2 is 2.30 bits per heavy atom. The van der Waals surface area contributed by atoms with E-state index in [0.29, 0.717) is 0 Å². The summed E-state index contributed by atoms with van der Waals surface area (Å²) in [5.41, 5.74) is 1.17. The third kappa shape index (κ3) is 1.95. The lowest BCUT2D eigenvalue weighted by atomic mass is 10.2. The topological polar surface area (TPSA) is 23.9 Å². The molecule has 0 bridgehead atoms. The molecule has 1 nitrogen and oxygen atoms in total. The average molecular weight is 198 g/mol. The molecule has 1 rings (SSSR count). The van der Waals surface area contributed by atoms with Crippen molar-refractivity contribution in [2.24, 2.45) is 0 Å². The highest BCUT2D eigenvalue weighted by Crippen LogP contribution is 2.11. The summed E-state index contributed by atoms with van der Waals surface area (Å²) in [6, 6.07) is 7.98. The highest BCUT2D eigenvalue weighted by atomic mass is 79.9. The zero-order valence-electron chi connectivity index (χ0n) is 5.47. The number of benzene rings is 1. The van der Waals surface area contributed by atoms with Crippen molar-refractivity contribution in [2.75, 3.05) is 0 Å². The van der Waals surface area contributed by atoms with E-state index in [1.807, 2.05) is 24.3 Å². The molecule has 0 spiro atoms. The minimum Gasteiger partial charge on any atom is -0.313 e. The second kappa shape index (κ2) is 3.52. The summed E-state index contributed by atoms with van der Waals surface area (Å²) < 4.78 is 1.08. The molecule has 0 aliphatic rings. The quantitative estimate of drug-likeness (QED) is 0.706. The first-order valence-electron chi connectivity index (χ1n) is 3.06. The van der Waals surface area contributed by atoms with Crippen LogP contribution in [0.5, 0.6) is 0 Å². The molecule has 0 atom stereocenters. The van der Waals surface area contributed by atoms with Gasteiger partial charge in [-0.3, -0.25) is 0 Å². The Hall–Kier alpha value is -0.630. The normalized spacial score (nSPS) is 9.30. The molecule has 10 heavy (non-hydrogen) atoms. The largest absolute Gasteiger partial charge is 0.313 e. The van der Waals surface area contributed by atoms with Crippen LogP contribution in [0.1, 0.15) is 5.56 Å². The average Bonchev–Trinajstić information content (AvgIpc) is 1.88. The van der Waals surface area contributed by atoms with Gasteiger partial charge in [-0.15, -0.1) is 0 Å². The molecule has 0 saturated heterocycles. The Balaban J connectivity index is 2.84. The monoisotopic (exact) mass is 197 g/mol. The Kier molecular flexibility index (Phi) is 2.63. The minimum absolute atomic E-state index is 0.722. The number of nitrogens with one attached hydrogen (secondary N) is 1. The summed E-state index contributed by atoms with van der Waals surface area (Å²) in [5, 5.41) is 6.87. The molecule has 0 fully saturated rings. The fourth-order valence-electron chi connectivity index (χ4n) is 0.782. The molecule has 0 saturated carbocycles. The van der Waals surface area contributed by atoms with Crippen molar-refractivity contribution in [2.45, 2.75) is 6.42 Å². The molecule has 0 amide bonds. The van der Waals surface area contributed by atoms with E-state index < -0.39 is 0 Å². The minimum atomic E-state index is 0.722. The van der Waals surface area contributed by atoms with Crippen LogP contribution < -0.4 is 0 Å². The van der Waals surface area contributed by atoms with Crippen molar-refractivity contribution in [3.05, 3.63) is 34.3 Å². The third-order valence-corrected chi connectivity index (χ3v) is 1.72. The fourth-order valence-corrected chi connectivity index (χ4v) is 1.23. The van der Waals surface area contributed by atoms with Gasteiger partial charge in [0.05, 0.1) is 0 Å². The van der Waals surface area contributed by atoms with Crippen LogP contribution in [0.4, 0.5) is 0 Å². The smallest absolute Gasteiger partial charge is 0.0178 e. The Bertz CT molecular complexity index is 232. The van der Waals surface area contributed by atoms with Gasteiger partial charge >= 0.3 is 0 Å². The Morgan fingerprint density at radius 3 is 2.90 bits per heavy atom. The fraction of sp³-hybridized carbons (Fsp3) is 0.125. The summed E-state index contributed by atoms with van der Waals surface area (Å²) in [7, 11) is 0. The van der Waals surface area contributed by atoms with Gasteiger partial charge in [0, 0.05) is 10.9 Å². The maximum Gasteiger partial charge on any atom is 0.0178 e. The zero-order valence-corrected chi connectivity index (χ0v) is 7.06. The number of hydrogen-bond acceptors (Lipinski definition) is 1. The molecule has 1 N–H and O–H groups in total. The molecule has 2 heteroatoms. The maximum absolute atomic E-state index is 6.87. The van der Waals surface area contributed by atoms with Crippen molar-refractivity contribution in [3.63, 3.8) is 0 Å². The first-order chi connectivity index (χ1) is 4.83. The van der Waals surface area contributed by atoms with Gasteiger partial charge in [-0.1, -0.05) is 28.1 Å². The molecule has 0 aromatic heterocycles. The van der Waals surface area contributed by atoms with Crippen molar-refractivity contribution in [1.29, 1.82) is 5.41 Å². The van der Waals surface area contributed by atoms with Crippen LogP contribution in [-0.4, -0.2) is 6.21 Å². The molecule has 0 heterocycles. The van der Waals surface area contributed by atoms with Crippen LogP contribution in [0, 0.1) is 5.41 Å². The molecule has 52 valence electrons. The van der Waals surface area contributed by atoms with E-state index in [1.54, 1.807) is 0 Å². The van der Waals surface area contributed by atoms with Crippen LogP contribution in [-0.2, 0) is 6.42 Å². The molecular weight excluding hydrogens is 190 g/mol. The van der Waals surface area contributed by atoms with Gasteiger partial charge in [0.1, 0.15) is 0 Å². The zero-order chi connectivity index (χ0) is 7.40. The van der Waals surface area contributed by atoms with Crippen molar-refractivity contribution >= 4 is 22.1 Å². The lowest BCUT2D eigenvalue weighted by Crippen LogP contribution is -1.82. The summed E-state index contributed by atoms with van der Waals surface area (Å²) in [6.45, 7) is 0. The first kappa shape index (κ1) is 7.48. The van der Waals surface area contributed by atoms with E-state index in [4.69, 9.17) is 5.41 Å². The van der Waals surface area contributed by atoms with Gasteiger partial charge in [0.15, 0.2) is 0 Å². The molecule has 0 aliphatic heterocycles. The number of halogens is 1. The summed E-state index contributed by atoms with van der Waals surface area (Å²) in [4.78, 5) is 0. The number of rotatable bonds is 2. The second-order valence-corrected chi connectivity index (χ2v) is 2.95. The van der Waals surface area contributed by atoms with E-state index in [2.05, 4.69) is 15.9 Å². The Labute approximate surface area is 68.7 Å². The molecule has 0 unspecified atom stereocenters. The standard InChI is InChI=1S/C8H8BrN/c9-8-3-1-2-7(6-8)4-5-10/h1-3,5-6,10H,4H2. The van der Waals surface area contributed by atoms with E-state index in [9.17, 15) is 0 Å². The van der Waals surface area contributed by atoms with E-state index in [1.165, 1.54) is 11.8 Å². The predicted molar refractivity (Wildman–Crippen MR) is 46.6 cm³/mol. The van der Waals surface area contributed by atoms with Crippen molar-refractivity contribution in [3.8, 4) is 0 Å². The van der Waals surface area contributed by atoms with E-state index in [-0.39, 0.29) is 0 Å². The van der Waals surface area contributed by atoms with Gasteiger partial charge in [-0.05, 0) is 23.9 Å². The van der Waals surface area contributed by atoms with Gasteiger partial charge < -0.3 is 5.41 Å². The number of hydrogen-bond donors (Lipinski definition) is 1. The summed E-state index contributed by atoms with van der Waals surface area (Å²) >= 11 is 3.36. The lowest BCUT2D eigenvalue weighted by molar-refractivity contribution is 1.32. The van der Waals surface area contributed by atoms with Gasteiger partial charge in [-0.25, -0.2) is 0 Å². The lowest BCUT2D eigenvalue weighted by Gasteiger charge is -1.94. The van der Waals surface area contributed by atoms with Crippen molar-refractivity contribution in [1.82, 2.24) is 0 Å². The SMILES string of the molecule is N=CCc1cccc(Br)c1. The Morgan fingerprint density at radius 1 is 1.50 bits per heavy atom. The predicted octanol–water partition coefficient (Wildman–Crippen LogP) is 2.64. The van der Waals surface area contributed by atoms with Crippen LogP contribution in [0.3, 0.4) is 0 Å². The van der Waals surface area contributed by atoms with Crippen LogP contribution >= 0.6 is 15.9 Å². The van der Waals surface area contributed by atoms with Crippen molar-refractivity contribution < 1.29 is 0 Å². The third-order valence-electron chi connectivity index (χ3n) is 1.23. The highest BCUT2D eigenvalue weighted by molar-refractivity contribution is 9.10. The summed E-state index contributed by atoms with van der Waals surface area (Å²) in [6.07, 6.45) is 2.13. The summed E-state index contributed by atoms with van der Waals surface area (Å²) in [5.74, 6) is 0. The van der Waals surface area contributed by atoms with Gasteiger partial charge in [0.2, 0.25) is 0 Å². The maximum atomic E-state index is 6.87. The highest BCUT2D eigenvalue weighted by Gasteiger charge is 1.89. The first-order valence-corrected chi connectivity index (χ1v) is 3.85. The van der Waals surface area contributed by atoms with Crippen LogP contribution in [0.2, 0.25) is 0 Å².